The number of alkyl halides is 3. The maximum atomic E-state index is 12.7. The highest BCUT2D eigenvalue weighted by atomic mass is 19.4. The number of hydrogen-bond acceptors (Lipinski definition) is 5. The van der Waals surface area contributed by atoms with Crippen molar-refractivity contribution in [3.8, 4) is 11.8 Å². The number of carbonyl (C=O) groups is 2. The third-order valence-electron chi connectivity index (χ3n) is 3.46. The van der Waals surface area contributed by atoms with E-state index in [2.05, 4.69) is 11.8 Å². The van der Waals surface area contributed by atoms with E-state index in [1.807, 2.05) is 0 Å². The van der Waals surface area contributed by atoms with Crippen molar-refractivity contribution >= 4 is 11.9 Å². The predicted molar refractivity (Wildman–Crippen MR) is 88.3 cm³/mol. The van der Waals surface area contributed by atoms with Crippen LogP contribution in [0.5, 0.6) is 0 Å². The molecule has 0 saturated heterocycles. The number of carbonyl (C=O) groups excluding carboxylic acids is 2. The Morgan fingerprint density at radius 1 is 1.19 bits per heavy atom. The lowest BCUT2D eigenvalue weighted by atomic mass is 10.1. The summed E-state index contributed by atoms with van der Waals surface area (Å²) in [6.07, 6.45) is -3.67. The quantitative estimate of drug-likeness (QED) is 0.457. The zero-order valence-electron chi connectivity index (χ0n) is 14.6. The Labute approximate surface area is 154 Å². The molecule has 0 amide bonds. The molecule has 1 aliphatic rings. The molecule has 0 fully saturated rings. The fraction of sp³-hybridized carbons (Fsp3) is 0.368. The van der Waals surface area contributed by atoms with E-state index in [0.717, 1.165) is 12.1 Å². The highest BCUT2D eigenvalue weighted by Gasteiger charge is 2.31. The van der Waals surface area contributed by atoms with Crippen molar-refractivity contribution < 1.29 is 37.0 Å². The van der Waals surface area contributed by atoms with Crippen molar-refractivity contribution in [1.29, 1.82) is 0 Å². The number of hydrogen-bond donors (Lipinski definition) is 0. The molecule has 0 bridgehead atoms. The minimum absolute atomic E-state index is 0.153. The fourth-order valence-corrected chi connectivity index (χ4v) is 2.30. The SMILES string of the molecule is CC(=O)OC[C@H]1O[C@H](C#Cc2cccc(C(F)(F)F)c2)C=C[C@H]1OC(C)=O. The van der Waals surface area contributed by atoms with Crippen molar-refractivity contribution in [3.05, 3.63) is 47.5 Å². The molecule has 1 heterocycles. The summed E-state index contributed by atoms with van der Waals surface area (Å²) in [5.41, 5.74) is -0.613. The van der Waals surface area contributed by atoms with Gasteiger partial charge in [0.25, 0.3) is 0 Å². The molecular weight excluding hydrogens is 365 g/mol. The van der Waals surface area contributed by atoms with E-state index in [4.69, 9.17) is 14.2 Å². The van der Waals surface area contributed by atoms with E-state index < -0.39 is 42.0 Å². The van der Waals surface area contributed by atoms with Gasteiger partial charge in [-0.3, -0.25) is 9.59 Å². The first-order valence-electron chi connectivity index (χ1n) is 7.98. The number of rotatable bonds is 3. The molecule has 0 saturated carbocycles. The van der Waals surface area contributed by atoms with Gasteiger partial charge in [-0.2, -0.15) is 13.2 Å². The molecule has 1 aliphatic heterocycles. The summed E-state index contributed by atoms with van der Waals surface area (Å²) in [7, 11) is 0. The Hall–Kier alpha value is -2.79. The molecule has 3 atom stereocenters. The number of esters is 2. The molecule has 0 unspecified atom stereocenters. The number of ether oxygens (including phenoxy) is 3. The molecule has 0 N–H and O–H groups in total. The molecule has 1 aromatic rings. The molecule has 0 aromatic heterocycles. The monoisotopic (exact) mass is 382 g/mol. The van der Waals surface area contributed by atoms with Crippen LogP contribution in [0.1, 0.15) is 25.0 Å². The van der Waals surface area contributed by atoms with Crippen molar-refractivity contribution in [2.24, 2.45) is 0 Å². The molecule has 0 radical (unpaired) electrons. The van der Waals surface area contributed by atoms with Crippen LogP contribution in [-0.4, -0.2) is 36.9 Å². The molecule has 27 heavy (non-hydrogen) atoms. The maximum absolute atomic E-state index is 12.7. The largest absolute Gasteiger partial charge is 0.463 e. The van der Waals surface area contributed by atoms with Gasteiger partial charge in [-0.1, -0.05) is 17.9 Å². The molecule has 144 valence electrons. The standard InChI is InChI=1S/C19H17F3O5/c1-12(23)25-11-18-17(26-13(2)24)9-8-16(27-18)7-6-14-4-3-5-15(10-14)19(20,21)22/h3-5,8-10,16-18H,11H2,1-2H3/t16-,17-,18-/m1/s1. The Bertz CT molecular complexity index is 789. The van der Waals surface area contributed by atoms with Crippen LogP contribution in [0.3, 0.4) is 0 Å². The zero-order valence-corrected chi connectivity index (χ0v) is 14.6. The van der Waals surface area contributed by atoms with Gasteiger partial charge in [0, 0.05) is 19.4 Å². The van der Waals surface area contributed by atoms with Gasteiger partial charge in [-0.05, 0) is 30.4 Å². The number of halogens is 3. The summed E-state index contributed by atoms with van der Waals surface area (Å²) in [5, 5.41) is 0. The molecule has 0 aliphatic carbocycles. The minimum Gasteiger partial charge on any atom is -0.463 e. The third-order valence-corrected chi connectivity index (χ3v) is 3.46. The van der Waals surface area contributed by atoms with Crippen LogP contribution in [-0.2, 0) is 30.0 Å². The summed E-state index contributed by atoms with van der Waals surface area (Å²) in [6, 6.07) is 4.62. The van der Waals surface area contributed by atoms with Crippen LogP contribution in [0.25, 0.3) is 0 Å². The molecule has 5 nitrogen and oxygen atoms in total. The van der Waals surface area contributed by atoms with Gasteiger partial charge in [0.05, 0.1) is 5.56 Å². The molecular formula is C19H17F3O5. The summed E-state index contributed by atoms with van der Waals surface area (Å²) in [4.78, 5) is 22.2. The van der Waals surface area contributed by atoms with E-state index >= 15 is 0 Å². The van der Waals surface area contributed by atoms with Crippen LogP contribution >= 0.6 is 0 Å². The maximum Gasteiger partial charge on any atom is 0.416 e. The highest BCUT2D eigenvalue weighted by Crippen LogP contribution is 2.29. The summed E-state index contributed by atoms with van der Waals surface area (Å²) < 4.78 is 53.8. The van der Waals surface area contributed by atoms with Crippen molar-refractivity contribution in [1.82, 2.24) is 0 Å². The van der Waals surface area contributed by atoms with Gasteiger partial charge in [-0.25, -0.2) is 0 Å². The summed E-state index contributed by atoms with van der Waals surface area (Å²) >= 11 is 0. The van der Waals surface area contributed by atoms with Gasteiger partial charge in [-0.15, -0.1) is 0 Å². The molecule has 1 aromatic carbocycles. The lowest BCUT2D eigenvalue weighted by molar-refractivity contribution is -0.161. The smallest absolute Gasteiger partial charge is 0.416 e. The van der Waals surface area contributed by atoms with Crippen LogP contribution in [0, 0.1) is 11.8 Å². The second-order valence-corrected chi connectivity index (χ2v) is 5.70. The van der Waals surface area contributed by atoms with E-state index in [1.165, 1.54) is 32.1 Å². The van der Waals surface area contributed by atoms with Crippen LogP contribution < -0.4 is 0 Å². The lowest BCUT2D eigenvalue weighted by Crippen LogP contribution is -2.41. The first-order chi connectivity index (χ1) is 12.6. The van der Waals surface area contributed by atoms with E-state index in [1.54, 1.807) is 6.08 Å². The normalized spacial score (nSPS) is 21.7. The second-order valence-electron chi connectivity index (χ2n) is 5.70. The minimum atomic E-state index is -4.45. The highest BCUT2D eigenvalue weighted by molar-refractivity contribution is 5.67. The average Bonchev–Trinajstić information content (AvgIpc) is 2.58. The first-order valence-corrected chi connectivity index (χ1v) is 7.98. The summed E-state index contributed by atoms with van der Waals surface area (Å²) in [5.74, 6) is 4.27. The number of benzene rings is 1. The molecule has 2 rings (SSSR count). The van der Waals surface area contributed by atoms with Gasteiger partial charge in [0.1, 0.15) is 24.9 Å². The average molecular weight is 382 g/mol. The summed E-state index contributed by atoms with van der Waals surface area (Å²) in [6.45, 7) is 2.31. The van der Waals surface area contributed by atoms with E-state index in [0.29, 0.717) is 0 Å². The molecule has 0 spiro atoms. The third kappa shape index (κ3) is 6.46. The Morgan fingerprint density at radius 2 is 1.93 bits per heavy atom. The fourth-order valence-electron chi connectivity index (χ4n) is 2.30. The van der Waals surface area contributed by atoms with Gasteiger partial charge in [0.2, 0.25) is 0 Å². The lowest BCUT2D eigenvalue weighted by Gasteiger charge is -2.29. The van der Waals surface area contributed by atoms with Crippen molar-refractivity contribution in [2.75, 3.05) is 6.61 Å². The zero-order chi connectivity index (χ0) is 20.0. The molecule has 8 heteroatoms. The van der Waals surface area contributed by atoms with E-state index in [9.17, 15) is 22.8 Å². The Balaban J connectivity index is 2.14. The topological polar surface area (TPSA) is 61.8 Å². The van der Waals surface area contributed by atoms with Gasteiger partial charge < -0.3 is 14.2 Å². The van der Waals surface area contributed by atoms with Crippen LogP contribution in [0.4, 0.5) is 13.2 Å². The predicted octanol–water partition coefficient (Wildman–Crippen LogP) is 2.88. The van der Waals surface area contributed by atoms with Crippen molar-refractivity contribution in [2.45, 2.75) is 38.3 Å². The Morgan fingerprint density at radius 3 is 2.56 bits per heavy atom. The van der Waals surface area contributed by atoms with Crippen LogP contribution in [0.2, 0.25) is 0 Å². The second kappa shape index (κ2) is 8.73. The van der Waals surface area contributed by atoms with E-state index in [-0.39, 0.29) is 12.2 Å². The first kappa shape index (κ1) is 20.5. The Kier molecular flexibility index (Phi) is 6.64. The van der Waals surface area contributed by atoms with Crippen molar-refractivity contribution in [3.63, 3.8) is 0 Å². The van der Waals surface area contributed by atoms with Gasteiger partial charge in [0.15, 0.2) is 0 Å². The van der Waals surface area contributed by atoms with Gasteiger partial charge >= 0.3 is 18.1 Å². The van der Waals surface area contributed by atoms with Crippen LogP contribution in [0.15, 0.2) is 36.4 Å².